The predicted octanol–water partition coefficient (Wildman–Crippen LogP) is -0.474. The molecule has 0 unspecified atom stereocenters. The molecule has 7 nitrogen and oxygen atoms in total. The maximum atomic E-state index is 11.7. The Morgan fingerprint density at radius 3 is 2.72 bits per heavy atom. The summed E-state index contributed by atoms with van der Waals surface area (Å²) in [4.78, 5) is 27.4. The zero-order valence-electron chi connectivity index (χ0n) is 10.3. The van der Waals surface area contributed by atoms with Gasteiger partial charge in [0.15, 0.2) is 5.13 Å². The number of nitrogens with zero attached hydrogens (tertiary/aromatic N) is 1. The van der Waals surface area contributed by atoms with E-state index in [1.54, 1.807) is 14.0 Å². The number of rotatable bonds is 6. The fourth-order valence-electron chi connectivity index (χ4n) is 1.22. The molecule has 0 radical (unpaired) electrons. The largest absolute Gasteiger partial charge is 0.383 e. The molecule has 0 aromatic carbocycles. The third kappa shape index (κ3) is 4.30. The summed E-state index contributed by atoms with van der Waals surface area (Å²) in [6.45, 7) is 2.46. The molecular formula is C10H16N4O3S. The molecule has 100 valence electrons. The Labute approximate surface area is 109 Å². The van der Waals surface area contributed by atoms with Crippen molar-refractivity contribution in [3.63, 3.8) is 0 Å². The van der Waals surface area contributed by atoms with E-state index in [0.717, 1.165) is 11.3 Å². The number of aryl methyl sites for hydroxylation is 1. The van der Waals surface area contributed by atoms with Crippen LogP contribution in [0.3, 0.4) is 0 Å². The third-order valence-electron chi connectivity index (χ3n) is 2.06. The van der Waals surface area contributed by atoms with Crippen LogP contribution in [0.25, 0.3) is 0 Å². The van der Waals surface area contributed by atoms with Gasteiger partial charge in [-0.05, 0) is 6.92 Å². The number of anilines is 1. The zero-order valence-corrected chi connectivity index (χ0v) is 11.1. The van der Waals surface area contributed by atoms with Crippen molar-refractivity contribution in [2.45, 2.75) is 6.92 Å². The van der Waals surface area contributed by atoms with Gasteiger partial charge < -0.3 is 21.1 Å². The second-order valence-corrected chi connectivity index (χ2v) is 4.52. The standard InChI is InChI=1S/C10H16N4O3S/c1-6-8(18-10(11)14-6)9(16)13-5-7(15)12-3-4-17-2/h3-5H2,1-2H3,(H2,11,14)(H,12,15)(H,13,16). The van der Waals surface area contributed by atoms with Gasteiger partial charge in [-0.25, -0.2) is 4.98 Å². The van der Waals surface area contributed by atoms with Gasteiger partial charge in [-0.2, -0.15) is 0 Å². The van der Waals surface area contributed by atoms with E-state index < -0.39 is 0 Å². The van der Waals surface area contributed by atoms with E-state index in [0.29, 0.717) is 28.9 Å². The first-order valence-corrected chi connectivity index (χ1v) is 6.13. The molecule has 1 heterocycles. The zero-order chi connectivity index (χ0) is 13.5. The van der Waals surface area contributed by atoms with Crippen molar-refractivity contribution in [2.75, 3.05) is 32.5 Å². The van der Waals surface area contributed by atoms with Crippen LogP contribution in [-0.4, -0.2) is 43.6 Å². The molecule has 1 rings (SSSR count). The number of ether oxygens (including phenoxy) is 1. The van der Waals surface area contributed by atoms with Gasteiger partial charge in [-0.1, -0.05) is 11.3 Å². The van der Waals surface area contributed by atoms with E-state index in [1.807, 2.05) is 0 Å². The van der Waals surface area contributed by atoms with Gasteiger partial charge in [0, 0.05) is 13.7 Å². The number of carbonyl (C=O) groups excluding carboxylic acids is 2. The van der Waals surface area contributed by atoms with Crippen molar-refractivity contribution in [3.8, 4) is 0 Å². The van der Waals surface area contributed by atoms with Crippen LogP contribution in [-0.2, 0) is 9.53 Å². The number of methoxy groups -OCH3 is 1. The monoisotopic (exact) mass is 272 g/mol. The van der Waals surface area contributed by atoms with Crippen LogP contribution in [0.2, 0.25) is 0 Å². The second kappa shape index (κ2) is 6.92. The molecule has 18 heavy (non-hydrogen) atoms. The highest BCUT2D eigenvalue weighted by Crippen LogP contribution is 2.18. The molecule has 0 saturated carbocycles. The van der Waals surface area contributed by atoms with Crippen molar-refractivity contribution in [3.05, 3.63) is 10.6 Å². The summed E-state index contributed by atoms with van der Waals surface area (Å²) in [5, 5.41) is 5.43. The molecule has 8 heteroatoms. The second-order valence-electron chi connectivity index (χ2n) is 3.49. The Kier molecular flexibility index (Phi) is 5.53. The fourth-order valence-corrected chi connectivity index (χ4v) is 1.97. The number of carbonyl (C=O) groups is 2. The van der Waals surface area contributed by atoms with Crippen molar-refractivity contribution in [1.29, 1.82) is 0 Å². The smallest absolute Gasteiger partial charge is 0.263 e. The Morgan fingerprint density at radius 2 is 2.17 bits per heavy atom. The SMILES string of the molecule is COCCNC(=O)CNC(=O)c1sc(N)nc1C. The van der Waals surface area contributed by atoms with Gasteiger partial charge in [0.05, 0.1) is 18.8 Å². The summed E-state index contributed by atoms with van der Waals surface area (Å²) in [6, 6.07) is 0. The summed E-state index contributed by atoms with van der Waals surface area (Å²) < 4.78 is 4.78. The lowest BCUT2D eigenvalue weighted by atomic mass is 10.3. The molecule has 0 atom stereocenters. The van der Waals surface area contributed by atoms with E-state index in [2.05, 4.69) is 15.6 Å². The summed E-state index contributed by atoms with van der Waals surface area (Å²) >= 11 is 1.10. The van der Waals surface area contributed by atoms with Crippen molar-refractivity contribution in [2.24, 2.45) is 0 Å². The number of nitrogen functional groups attached to an aromatic ring is 1. The lowest BCUT2D eigenvalue weighted by Crippen LogP contribution is -2.38. The first kappa shape index (κ1) is 14.4. The molecule has 4 N–H and O–H groups in total. The van der Waals surface area contributed by atoms with Crippen LogP contribution in [0.15, 0.2) is 0 Å². The first-order chi connectivity index (χ1) is 8.54. The molecule has 0 aliphatic rings. The number of thiazole rings is 1. The van der Waals surface area contributed by atoms with E-state index in [-0.39, 0.29) is 18.4 Å². The molecule has 1 aromatic rings. The molecule has 0 aliphatic carbocycles. The summed E-state index contributed by atoms with van der Waals surface area (Å²) in [5.41, 5.74) is 6.05. The molecule has 0 saturated heterocycles. The first-order valence-electron chi connectivity index (χ1n) is 5.31. The number of hydrogen-bond acceptors (Lipinski definition) is 6. The number of nitrogens with two attached hydrogens (primary N) is 1. The molecule has 0 aliphatic heterocycles. The Morgan fingerprint density at radius 1 is 1.44 bits per heavy atom. The van der Waals surface area contributed by atoms with Gasteiger partial charge in [-0.15, -0.1) is 0 Å². The van der Waals surface area contributed by atoms with Crippen LogP contribution in [0.1, 0.15) is 15.4 Å². The van der Waals surface area contributed by atoms with Crippen molar-refractivity contribution < 1.29 is 14.3 Å². The molecule has 0 spiro atoms. The van der Waals surface area contributed by atoms with Crippen molar-refractivity contribution >= 4 is 28.3 Å². The minimum absolute atomic E-state index is 0.0835. The maximum Gasteiger partial charge on any atom is 0.263 e. The average Bonchev–Trinajstić information content (AvgIpc) is 2.66. The van der Waals surface area contributed by atoms with E-state index in [9.17, 15) is 9.59 Å². The summed E-state index contributed by atoms with van der Waals surface area (Å²) in [7, 11) is 1.55. The van der Waals surface area contributed by atoms with Crippen molar-refractivity contribution in [1.82, 2.24) is 15.6 Å². The van der Waals surface area contributed by atoms with Gasteiger partial charge in [0.25, 0.3) is 5.91 Å². The number of aromatic nitrogens is 1. The quantitative estimate of drug-likeness (QED) is 0.607. The lowest BCUT2D eigenvalue weighted by Gasteiger charge is -2.05. The molecule has 1 aromatic heterocycles. The average molecular weight is 272 g/mol. The van der Waals surface area contributed by atoms with Gasteiger partial charge in [0.2, 0.25) is 5.91 Å². The van der Waals surface area contributed by atoms with E-state index in [4.69, 9.17) is 10.5 Å². The predicted molar refractivity (Wildman–Crippen MR) is 68.5 cm³/mol. The molecular weight excluding hydrogens is 256 g/mol. The van der Waals surface area contributed by atoms with Crippen LogP contribution < -0.4 is 16.4 Å². The van der Waals surface area contributed by atoms with Gasteiger partial charge in [-0.3, -0.25) is 9.59 Å². The highest BCUT2D eigenvalue weighted by molar-refractivity contribution is 7.17. The van der Waals surface area contributed by atoms with Crippen LogP contribution in [0.5, 0.6) is 0 Å². The summed E-state index contributed by atoms with van der Waals surface area (Å²) in [6.07, 6.45) is 0. The summed E-state index contributed by atoms with van der Waals surface area (Å²) in [5.74, 6) is -0.612. The number of nitrogens with one attached hydrogen (secondary N) is 2. The number of hydrogen-bond donors (Lipinski definition) is 3. The minimum atomic E-state index is -0.344. The fraction of sp³-hybridized carbons (Fsp3) is 0.500. The van der Waals surface area contributed by atoms with Crippen LogP contribution in [0.4, 0.5) is 5.13 Å². The Balaban J connectivity index is 2.37. The highest BCUT2D eigenvalue weighted by Gasteiger charge is 2.14. The van der Waals surface area contributed by atoms with Crippen LogP contribution >= 0.6 is 11.3 Å². The molecule has 0 fully saturated rings. The topological polar surface area (TPSA) is 106 Å². The number of amides is 2. The Hall–Kier alpha value is -1.67. The Bertz CT molecular complexity index is 433. The third-order valence-corrected chi connectivity index (χ3v) is 3.04. The van der Waals surface area contributed by atoms with E-state index in [1.165, 1.54) is 0 Å². The van der Waals surface area contributed by atoms with Crippen LogP contribution in [0, 0.1) is 6.92 Å². The van der Waals surface area contributed by atoms with Gasteiger partial charge in [0.1, 0.15) is 4.88 Å². The normalized spacial score (nSPS) is 10.1. The van der Waals surface area contributed by atoms with Gasteiger partial charge >= 0.3 is 0 Å². The molecule has 2 amide bonds. The highest BCUT2D eigenvalue weighted by atomic mass is 32.1. The molecule has 0 bridgehead atoms. The maximum absolute atomic E-state index is 11.7. The minimum Gasteiger partial charge on any atom is -0.383 e. The lowest BCUT2D eigenvalue weighted by molar-refractivity contribution is -0.120. The van der Waals surface area contributed by atoms with E-state index >= 15 is 0 Å².